The molecule has 0 bridgehead atoms. The van der Waals surface area contributed by atoms with Gasteiger partial charge in [-0.1, -0.05) is 35.5 Å². The van der Waals surface area contributed by atoms with Crippen LogP contribution in [0.15, 0.2) is 40.9 Å². The zero-order valence-corrected chi connectivity index (χ0v) is 13.1. The normalized spacial score (nSPS) is 23.4. The predicted molar refractivity (Wildman–Crippen MR) is 84.7 cm³/mol. The number of hydrogen-bond acceptors (Lipinski definition) is 4. The third-order valence-corrected chi connectivity index (χ3v) is 4.89. The van der Waals surface area contributed by atoms with Gasteiger partial charge in [0.25, 0.3) is 5.91 Å². The van der Waals surface area contributed by atoms with Gasteiger partial charge in [-0.3, -0.25) is 9.59 Å². The van der Waals surface area contributed by atoms with E-state index in [1.54, 1.807) is 11.0 Å². The minimum absolute atomic E-state index is 0.188. The van der Waals surface area contributed by atoms with Crippen LogP contribution in [-0.4, -0.2) is 40.1 Å². The van der Waals surface area contributed by atoms with Crippen LogP contribution in [0.5, 0.6) is 0 Å². The Kier molecular flexibility index (Phi) is 3.59. The van der Waals surface area contributed by atoms with E-state index in [4.69, 9.17) is 4.52 Å². The Labute approximate surface area is 139 Å². The Morgan fingerprint density at radius 3 is 2.58 bits per heavy atom. The molecule has 24 heavy (non-hydrogen) atoms. The lowest BCUT2D eigenvalue weighted by Crippen LogP contribution is -2.29. The van der Waals surface area contributed by atoms with E-state index in [9.17, 15) is 14.7 Å². The van der Waals surface area contributed by atoms with Gasteiger partial charge in [0.15, 0.2) is 0 Å². The molecular formula is C18H18N2O4. The Morgan fingerprint density at radius 1 is 1.17 bits per heavy atom. The molecule has 2 heterocycles. The van der Waals surface area contributed by atoms with Gasteiger partial charge in [-0.25, -0.2) is 0 Å². The van der Waals surface area contributed by atoms with Crippen LogP contribution in [0.25, 0.3) is 0 Å². The molecule has 124 valence electrons. The first-order chi connectivity index (χ1) is 11.6. The Hall–Kier alpha value is -2.63. The topological polar surface area (TPSA) is 83.6 Å². The molecule has 1 amide bonds. The maximum Gasteiger partial charge on any atom is 0.308 e. The fourth-order valence-corrected chi connectivity index (χ4v) is 3.37. The van der Waals surface area contributed by atoms with E-state index >= 15 is 0 Å². The highest BCUT2D eigenvalue weighted by atomic mass is 16.5. The van der Waals surface area contributed by atoms with Crippen molar-refractivity contribution in [2.45, 2.75) is 24.7 Å². The number of aromatic nitrogens is 1. The number of nitrogens with zero attached hydrogens (tertiary/aromatic N) is 2. The first-order valence-corrected chi connectivity index (χ1v) is 8.17. The lowest BCUT2D eigenvalue weighted by molar-refractivity contribution is -0.141. The molecule has 1 aromatic heterocycles. The van der Waals surface area contributed by atoms with Crippen LogP contribution in [0.2, 0.25) is 0 Å². The van der Waals surface area contributed by atoms with Crippen molar-refractivity contribution in [2.75, 3.05) is 13.1 Å². The smallest absolute Gasteiger partial charge is 0.308 e. The second kappa shape index (κ2) is 5.78. The molecule has 2 aliphatic rings. The summed E-state index contributed by atoms with van der Waals surface area (Å²) in [6.45, 7) is 0.562. The average molecular weight is 326 g/mol. The quantitative estimate of drug-likeness (QED) is 0.933. The van der Waals surface area contributed by atoms with Crippen LogP contribution < -0.4 is 0 Å². The molecule has 4 rings (SSSR count). The number of benzene rings is 1. The minimum atomic E-state index is -0.879. The highest BCUT2D eigenvalue weighted by Gasteiger charge is 2.41. The number of likely N-dealkylation sites (tertiary alicyclic amines) is 1. The number of rotatable bonds is 4. The van der Waals surface area contributed by atoms with Crippen molar-refractivity contribution in [3.8, 4) is 0 Å². The standard InChI is InChI=1S/C18H18N2O4/c21-17(16-8-15(19-24-16)12-6-7-12)20-9-13(14(10-20)18(22)23)11-4-2-1-3-5-11/h1-5,8,12-14H,6-7,9-10H2,(H,22,23)/t13-,14-/m1/s1. The Morgan fingerprint density at radius 2 is 1.92 bits per heavy atom. The molecule has 6 nitrogen and oxygen atoms in total. The van der Waals surface area contributed by atoms with Gasteiger partial charge in [0, 0.05) is 31.0 Å². The monoisotopic (exact) mass is 326 g/mol. The number of hydrogen-bond donors (Lipinski definition) is 1. The SMILES string of the molecule is O=C(O)[C@@H]1CN(C(=O)c2cc(C3CC3)no2)C[C@@H]1c1ccccc1. The summed E-state index contributed by atoms with van der Waals surface area (Å²) in [6.07, 6.45) is 2.17. The van der Waals surface area contributed by atoms with Crippen LogP contribution in [0.3, 0.4) is 0 Å². The molecule has 2 aromatic rings. The average Bonchev–Trinajstić information content (AvgIpc) is 3.16. The van der Waals surface area contributed by atoms with Crippen molar-refractivity contribution in [3.05, 3.63) is 53.4 Å². The number of carboxylic acid groups (broad SMARTS) is 1. The van der Waals surface area contributed by atoms with Crippen LogP contribution >= 0.6 is 0 Å². The zero-order chi connectivity index (χ0) is 16.7. The number of carboxylic acids is 1. The van der Waals surface area contributed by atoms with Gasteiger partial charge in [0.2, 0.25) is 5.76 Å². The Bertz CT molecular complexity index is 766. The molecule has 2 atom stereocenters. The van der Waals surface area contributed by atoms with Crippen molar-refractivity contribution in [1.82, 2.24) is 10.1 Å². The molecular weight excluding hydrogens is 308 g/mol. The van der Waals surface area contributed by atoms with Gasteiger partial charge in [-0.15, -0.1) is 0 Å². The summed E-state index contributed by atoms with van der Waals surface area (Å²) >= 11 is 0. The molecule has 0 radical (unpaired) electrons. The van der Waals surface area contributed by atoms with E-state index in [2.05, 4.69) is 5.16 Å². The van der Waals surface area contributed by atoms with Crippen molar-refractivity contribution < 1.29 is 19.2 Å². The number of amides is 1. The molecule has 6 heteroatoms. The molecule has 2 fully saturated rings. The van der Waals surface area contributed by atoms with Gasteiger partial charge in [-0.2, -0.15) is 0 Å². The summed E-state index contributed by atoms with van der Waals surface area (Å²) < 4.78 is 5.19. The van der Waals surface area contributed by atoms with Crippen molar-refractivity contribution >= 4 is 11.9 Å². The van der Waals surface area contributed by atoms with Gasteiger partial charge < -0.3 is 14.5 Å². The first-order valence-electron chi connectivity index (χ1n) is 8.17. The van der Waals surface area contributed by atoms with E-state index in [0.29, 0.717) is 12.5 Å². The fourth-order valence-electron chi connectivity index (χ4n) is 3.37. The second-order valence-corrected chi connectivity index (χ2v) is 6.56. The summed E-state index contributed by atoms with van der Waals surface area (Å²) in [6, 6.07) is 11.2. The van der Waals surface area contributed by atoms with Gasteiger partial charge in [-0.05, 0) is 18.4 Å². The van der Waals surface area contributed by atoms with Crippen LogP contribution in [0.4, 0.5) is 0 Å². The van der Waals surface area contributed by atoms with Gasteiger partial charge in [0.05, 0.1) is 11.6 Å². The van der Waals surface area contributed by atoms with E-state index in [1.807, 2.05) is 30.3 Å². The van der Waals surface area contributed by atoms with Crippen LogP contribution in [0, 0.1) is 5.92 Å². The summed E-state index contributed by atoms with van der Waals surface area (Å²) in [7, 11) is 0. The highest BCUT2D eigenvalue weighted by molar-refractivity contribution is 5.92. The lowest BCUT2D eigenvalue weighted by Gasteiger charge is -2.15. The van der Waals surface area contributed by atoms with Gasteiger partial charge >= 0.3 is 5.97 Å². The second-order valence-electron chi connectivity index (χ2n) is 6.56. The molecule has 1 aromatic carbocycles. The maximum atomic E-state index is 12.6. The minimum Gasteiger partial charge on any atom is -0.481 e. The van der Waals surface area contributed by atoms with Crippen LogP contribution in [0.1, 0.15) is 46.5 Å². The van der Waals surface area contributed by atoms with Crippen molar-refractivity contribution in [1.29, 1.82) is 0 Å². The highest BCUT2D eigenvalue weighted by Crippen LogP contribution is 2.40. The van der Waals surface area contributed by atoms with Crippen molar-refractivity contribution in [3.63, 3.8) is 0 Å². The summed E-state index contributed by atoms with van der Waals surface area (Å²) in [4.78, 5) is 25.8. The Balaban J connectivity index is 1.55. The number of carbonyl (C=O) groups is 2. The largest absolute Gasteiger partial charge is 0.481 e. The van der Waals surface area contributed by atoms with E-state index in [1.165, 1.54) is 0 Å². The lowest BCUT2D eigenvalue weighted by atomic mass is 9.89. The summed E-state index contributed by atoms with van der Waals surface area (Å²) in [5.41, 5.74) is 1.77. The van der Waals surface area contributed by atoms with Gasteiger partial charge in [0.1, 0.15) is 0 Å². The molecule has 1 aliphatic heterocycles. The van der Waals surface area contributed by atoms with E-state index in [0.717, 1.165) is 24.1 Å². The number of carbonyl (C=O) groups excluding carboxylic acids is 1. The van der Waals surface area contributed by atoms with E-state index < -0.39 is 11.9 Å². The zero-order valence-electron chi connectivity index (χ0n) is 13.1. The third kappa shape index (κ3) is 2.68. The van der Waals surface area contributed by atoms with Crippen molar-refractivity contribution in [2.24, 2.45) is 5.92 Å². The molecule has 1 saturated carbocycles. The predicted octanol–water partition coefficient (Wildman–Crippen LogP) is 2.49. The molecule has 1 saturated heterocycles. The van der Waals surface area contributed by atoms with E-state index in [-0.39, 0.29) is 24.1 Å². The third-order valence-electron chi connectivity index (χ3n) is 4.89. The molecule has 0 unspecified atom stereocenters. The summed E-state index contributed by atoms with van der Waals surface area (Å²) in [5.74, 6) is -1.36. The van der Waals surface area contributed by atoms with Crippen LogP contribution in [-0.2, 0) is 4.79 Å². The molecule has 0 spiro atoms. The molecule has 1 aliphatic carbocycles. The maximum absolute atomic E-state index is 12.6. The molecule has 1 N–H and O–H groups in total. The first kappa shape index (κ1) is 14.9. The summed E-state index contributed by atoms with van der Waals surface area (Å²) in [5, 5.41) is 13.5. The fraction of sp³-hybridized carbons (Fsp3) is 0.389. The number of aliphatic carboxylic acids is 1.